The fourth-order valence-corrected chi connectivity index (χ4v) is 0. The third-order valence-electron chi connectivity index (χ3n) is 0. The molecule has 5 nitrogen and oxygen atoms in total. The second-order valence-corrected chi connectivity index (χ2v) is 0. The van der Waals surface area contributed by atoms with Gasteiger partial charge in [-0.1, -0.05) is 0 Å². The molecule has 0 fully saturated rings. The maximum atomic E-state index is 0. The molecule has 5 radical (unpaired) electrons. The Kier molecular flexibility index (Phi) is 2320. The van der Waals surface area contributed by atoms with Crippen LogP contribution in [-0.2, 0) is 139 Å². The van der Waals surface area contributed by atoms with Gasteiger partial charge in [0.15, 0.2) is 0 Å². The molecular formula is Ag5O5. The first-order chi connectivity index (χ1) is 0. The smallest absolute Gasteiger partial charge is 2.00 e. The monoisotopic (exact) mass is 615 g/mol. The van der Waals surface area contributed by atoms with Gasteiger partial charge in [-0.2, -0.15) is 0 Å². The van der Waals surface area contributed by atoms with E-state index in [1.807, 2.05) is 0 Å². The van der Waals surface area contributed by atoms with Gasteiger partial charge in [-0.3, -0.25) is 0 Å². The zero-order chi connectivity index (χ0) is 0. The van der Waals surface area contributed by atoms with Crippen molar-refractivity contribution >= 4 is 0 Å². The average Bonchev–Trinajstić information content (AvgIpc) is 0. The first-order valence-electron chi connectivity index (χ1n) is 0. The average molecular weight is 619 g/mol. The van der Waals surface area contributed by atoms with E-state index in [1.165, 1.54) is 0 Å². The largest absolute Gasteiger partial charge is 2.00 e. The molecular weight excluding hydrogens is 619 g/mol. The maximum absolute atomic E-state index is 0. The van der Waals surface area contributed by atoms with Crippen molar-refractivity contribution in [2.75, 3.05) is 0 Å². The van der Waals surface area contributed by atoms with Crippen LogP contribution in [0.4, 0.5) is 0 Å². The van der Waals surface area contributed by atoms with Crippen LogP contribution in [-0.4, -0.2) is 0 Å². The second kappa shape index (κ2) is 135. The van der Waals surface area contributed by atoms with Crippen LogP contribution in [0.1, 0.15) is 0 Å². The zero-order valence-electron chi connectivity index (χ0n) is 3.55. The van der Waals surface area contributed by atoms with Crippen LogP contribution in [0.25, 0.3) is 0 Å². The molecule has 0 aliphatic carbocycles. The molecule has 0 saturated carbocycles. The summed E-state index contributed by atoms with van der Waals surface area (Å²) in [5, 5.41) is 0. The van der Waals surface area contributed by atoms with Crippen LogP contribution in [0.5, 0.6) is 0 Å². The van der Waals surface area contributed by atoms with E-state index < -0.39 is 0 Å². The fraction of sp³-hybridized carbons (Fsp3) is 0. The van der Waals surface area contributed by atoms with E-state index >= 15 is 0 Å². The van der Waals surface area contributed by atoms with E-state index in [2.05, 4.69) is 0 Å². The van der Waals surface area contributed by atoms with Crippen molar-refractivity contribution in [2.24, 2.45) is 0 Å². The first-order valence-corrected chi connectivity index (χ1v) is 0. The molecule has 0 amide bonds. The molecule has 0 N–H and O–H groups in total. The molecule has 0 bridgehead atoms. The first kappa shape index (κ1) is 172. The maximum Gasteiger partial charge on any atom is 2.00 e. The van der Waals surface area contributed by atoms with Gasteiger partial charge < -0.3 is 27.4 Å². The summed E-state index contributed by atoms with van der Waals surface area (Å²) in [6.07, 6.45) is 0. The van der Waals surface area contributed by atoms with Crippen molar-refractivity contribution in [3.05, 3.63) is 0 Å². The molecule has 0 aromatic heterocycles. The summed E-state index contributed by atoms with van der Waals surface area (Å²) in [5.41, 5.74) is 0. The quantitative estimate of drug-likeness (QED) is 0.320. The Morgan fingerprint density at radius 2 is 0.200 bits per heavy atom. The molecule has 0 aliphatic rings. The summed E-state index contributed by atoms with van der Waals surface area (Å²) in [6.45, 7) is 0. The summed E-state index contributed by atoms with van der Waals surface area (Å²) in [6, 6.07) is 0. The minimum Gasteiger partial charge on any atom is -2.00 e. The van der Waals surface area contributed by atoms with Gasteiger partial charge in [-0.15, -0.1) is 0 Å². The molecule has 0 saturated heterocycles. The van der Waals surface area contributed by atoms with Gasteiger partial charge in [0.25, 0.3) is 0 Å². The summed E-state index contributed by atoms with van der Waals surface area (Å²) >= 11 is 0. The third kappa shape index (κ3) is 103. The predicted octanol–water partition coefficient (Wildman–Crippen LogP) is -0.607. The van der Waals surface area contributed by atoms with Gasteiger partial charge in [-0.25, -0.2) is 0 Å². The zero-order valence-corrected chi connectivity index (χ0v) is 11.0. The van der Waals surface area contributed by atoms with E-state index in [0.717, 1.165) is 0 Å². The van der Waals surface area contributed by atoms with Gasteiger partial charge in [0, 0.05) is 0 Å². The SMILES string of the molecule is [Ag+2].[Ag+2].[Ag+2].[Ag+2].[Ag+2].[O-2].[O-2].[O-2].[O-2].[O-2]. The molecule has 0 aromatic rings. The molecule has 0 spiro atoms. The molecule has 0 atom stereocenters. The van der Waals surface area contributed by atoms with Crippen molar-refractivity contribution in [3.8, 4) is 0 Å². The van der Waals surface area contributed by atoms with Crippen LogP contribution < -0.4 is 0 Å². The van der Waals surface area contributed by atoms with E-state index in [9.17, 15) is 0 Å². The number of hydrogen-bond donors (Lipinski definition) is 0. The van der Waals surface area contributed by atoms with Crippen molar-refractivity contribution in [2.45, 2.75) is 0 Å². The minimum atomic E-state index is 0. The van der Waals surface area contributed by atoms with E-state index in [4.69, 9.17) is 0 Å². The van der Waals surface area contributed by atoms with Gasteiger partial charge in [-0.05, 0) is 0 Å². The molecule has 0 rings (SSSR count). The van der Waals surface area contributed by atoms with Crippen LogP contribution in [0.2, 0.25) is 0 Å². The summed E-state index contributed by atoms with van der Waals surface area (Å²) in [5.74, 6) is 0. The van der Waals surface area contributed by atoms with E-state index in [-0.39, 0.29) is 139 Å². The normalized spacial score (nSPS) is 0. The predicted molar refractivity (Wildman–Crippen MR) is 3.43 cm³/mol. The fourth-order valence-electron chi connectivity index (χ4n) is 0. The van der Waals surface area contributed by atoms with Crippen molar-refractivity contribution in [1.82, 2.24) is 0 Å². The molecule has 10 heteroatoms. The Morgan fingerprint density at radius 1 is 0.200 bits per heavy atom. The second-order valence-electron chi connectivity index (χ2n) is 0. The van der Waals surface area contributed by atoms with Crippen molar-refractivity contribution < 1.29 is 139 Å². The minimum absolute atomic E-state index is 0. The van der Waals surface area contributed by atoms with Crippen LogP contribution in [0.15, 0.2) is 0 Å². The van der Waals surface area contributed by atoms with Gasteiger partial charge in [0.2, 0.25) is 0 Å². The Bertz CT molecular complexity index is 10.0. The topological polar surface area (TPSA) is 142 Å². The molecule has 0 heterocycles. The van der Waals surface area contributed by atoms with E-state index in [0.29, 0.717) is 0 Å². The Morgan fingerprint density at radius 3 is 0.200 bits per heavy atom. The Hall–Kier alpha value is 3.50. The summed E-state index contributed by atoms with van der Waals surface area (Å²) in [7, 11) is 0. The van der Waals surface area contributed by atoms with Crippen LogP contribution in [0.3, 0.4) is 0 Å². The summed E-state index contributed by atoms with van der Waals surface area (Å²) < 4.78 is 0. The van der Waals surface area contributed by atoms with E-state index in [1.54, 1.807) is 0 Å². The Balaban J connectivity index is 0. The molecule has 85 valence electrons. The summed E-state index contributed by atoms with van der Waals surface area (Å²) in [4.78, 5) is 0. The van der Waals surface area contributed by atoms with Crippen LogP contribution in [0, 0.1) is 0 Å². The molecule has 0 unspecified atom stereocenters. The van der Waals surface area contributed by atoms with Crippen molar-refractivity contribution in [1.29, 1.82) is 0 Å². The molecule has 0 aromatic carbocycles. The molecule has 10 heavy (non-hydrogen) atoms. The molecule has 0 aliphatic heterocycles. The van der Waals surface area contributed by atoms with Gasteiger partial charge in [0.05, 0.1) is 0 Å². The van der Waals surface area contributed by atoms with Crippen molar-refractivity contribution in [3.63, 3.8) is 0 Å². The third-order valence-corrected chi connectivity index (χ3v) is 0. The standard InChI is InChI=1S/5Ag.5O/q5*+2;5*-2. The number of hydrogen-bond acceptors (Lipinski definition) is 0. The van der Waals surface area contributed by atoms with Gasteiger partial charge in [0.1, 0.15) is 0 Å². The Labute approximate surface area is 137 Å². The van der Waals surface area contributed by atoms with Gasteiger partial charge >= 0.3 is 112 Å². The number of rotatable bonds is 0. The van der Waals surface area contributed by atoms with Crippen LogP contribution >= 0.6 is 0 Å².